The van der Waals surface area contributed by atoms with Crippen molar-refractivity contribution in [2.45, 2.75) is 25.9 Å². The number of likely N-dealkylation sites (tertiary alicyclic amines) is 1. The van der Waals surface area contributed by atoms with Crippen LogP contribution in [0.3, 0.4) is 0 Å². The van der Waals surface area contributed by atoms with Gasteiger partial charge in [0.05, 0.1) is 19.1 Å². The van der Waals surface area contributed by atoms with Crippen molar-refractivity contribution in [3.63, 3.8) is 0 Å². The Hall–Kier alpha value is -2.61. The number of nitrogens with two attached hydrogens (primary N) is 1. The minimum atomic E-state index is -0.364. The van der Waals surface area contributed by atoms with E-state index in [2.05, 4.69) is 4.90 Å². The van der Waals surface area contributed by atoms with Crippen molar-refractivity contribution in [2.75, 3.05) is 37.7 Å². The molecule has 1 atom stereocenters. The number of carbonyl (C=O) groups is 2. The molecule has 2 fully saturated rings. The molecule has 0 spiro atoms. The number of nitrogens with zero attached hydrogens (tertiary/aromatic N) is 2. The number of hydrogen-bond acceptors (Lipinski definition) is 6. The van der Waals surface area contributed by atoms with Crippen LogP contribution in [0.15, 0.2) is 24.3 Å². The highest BCUT2D eigenvalue weighted by molar-refractivity contribution is 5.96. The first-order valence-corrected chi connectivity index (χ1v) is 9.29. The van der Waals surface area contributed by atoms with Gasteiger partial charge in [-0.3, -0.25) is 20.0 Å². The maximum absolute atomic E-state index is 12.2. The van der Waals surface area contributed by atoms with Gasteiger partial charge < -0.3 is 15.2 Å². The minimum Gasteiger partial charge on any atom is -0.466 e. The molecule has 8 heteroatoms. The van der Waals surface area contributed by atoms with Gasteiger partial charge in [0.2, 0.25) is 0 Å². The number of rotatable bonds is 6. The van der Waals surface area contributed by atoms with Crippen molar-refractivity contribution in [2.24, 2.45) is 11.7 Å². The van der Waals surface area contributed by atoms with Crippen LogP contribution in [0.4, 0.5) is 10.5 Å². The molecule has 8 nitrogen and oxygen atoms in total. The van der Waals surface area contributed by atoms with Crippen LogP contribution >= 0.6 is 0 Å². The molecule has 146 valence electrons. The van der Waals surface area contributed by atoms with Gasteiger partial charge in [-0.1, -0.05) is 0 Å². The topological polar surface area (TPSA) is 109 Å². The summed E-state index contributed by atoms with van der Waals surface area (Å²) in [5.41, 5.74) is 6.81. The number of piperidine rings is 1. The van der Waals surface area contributed by atoms with E-state index in [-0.39, 0.29) is 29.9 Å². The highest BCUT2D eigenvalue weighted by Crippen LogP contribution is 2.24. The average molecular weight is 374 g/mol. The maximum atomic E-state index is 12.2. The Balaban J connectivity index is 1.51. The van der Waals surface area contributed by atoms with Gasteiger partial charge in [0.15, 0.2) is 0 Å². The summed E-state index contributed by atoms with van der Waals surface area (Å²) in [7, 11) is 0. The van der Waals surface area contributed by atoms with Gasteiger partial charge in [-0.25, -0.2) is 4.79 Å². The lowest BCUT2D eigenvalue weighted by Crippen LogP contribution is -2.41. The van der Waals surface area contributed by atoms with Crippen molar-refractivity contribution < 1.29 is 19.1 Å². The molecule has 2 aliphatic heterocycles. The van der Waals surface area contributed by atoms with Crippen LogP contribution in [0.2, 0.25) is 0 Å². The second kappa shape index (κ2) is 8.39. The quantitative estimate of drug-likeness (QED) is 0.444. The number of cyclic esters (lactones) is 1. The highest BCUT2D eigenvalue weighted by atomic mass is 16.6. The van der Waals surface area contributed by atoms with Gasteiger partial charge in [0.1, 0.15) is 11.9 Å². The summed E-state index contributed by atoms with van der Waals surface area (Å²) in [6.45, 7) is 4.97. The summed E-state index contributed by atoms with van der Waals surface area (Å²) < 4.78 is 10.6. The molecule has 0 aromatic heterocycles. The lowest BCUT2D eigenvalue weighted by molar-refractivity contribution is -0.149. The van der Waals surface area contributed by atoms with Crippen molar-refractivity contribution in [3.05, 3.63) is 29.8 Å². The Morgan fingerprint density at radius 1 is 1.30 bits per heavy atom. The minimum absolute atomic E-state index is 0.00496. The number of ether oxygens (including phenoxy) is 2. The van der Waals surface area contributed by atoms with Gasteiger partial charge in [0.25, 0.3) is 0 Å². The molecule has 3 rings (SSSR count). The van der Waals surface area contributed by atoms with E-state index in [0.717, 1.165) is 31.6 Å². The molecular formula is C19H26N4O4. The molecule has 0 saturated carbocycles. The van der Waals surface area contributed by atoms with Crippen molar-refractivity contribution in [1.29, 1.82) is 5.41 Å². The zero-order valence-electron chi connectivity index (χ0n) is 15.5. The van der Waals surface area contributed by atoms with E-state index >= 15 is 0 Å². The molecule has 27 heavy (non-hydrogen) atoms. The Morgan fingerprint density at radius 3 is 2.56 bits per heavy atom. The van der Waals surface area contributed by atoms with Crippen LogP contribution in [0, 0.1) is 11.3 Å². The van der Waals surface area contributed by atoms with E-state index in [4.69, 9.17) is 20.6 Å². The third-order valence-electron chi connectivity index (χ3n) is 5.03. The normalized spacial score (nSPS) is 21.1. The molecule has 1 aromatic rings. The van der Waals surface area contributed by atoms with Crippen LogP contribution in [-0.4, -0.2) is 61.7 Å². The molecule has 1 unspecified atom stereocenters. The van der Waals surface area contributed by atoms with E-state index in [0.29, 0.717) is 25.3 Å². The largest absolute Gasteiger partial charge is 0.466 e. The number of carbonyl (C=O) groups excluding carboxylic acids is 2. The zero-order valence-corrected chi connectivity index (χ0v) is 15.5. The molecule has 2 saturated heterocycles. The lowest BCUT2D eigenvalue weighted by atomic mass is 9.97. The van der Waals surface area contributed by atoms with E-state index in [1.165, 1.54) is 0 Å². The second-order valence-electron chi connectivity index (χ2n) is 6.90. The van der Waals surface area contributed by atoms with Crippen molar-refractivity contribution >= 4 is 23.6 Å². The SMILES string of the molecule is CCOC(=O)C1CCN(CC2CN(c3ccc(C(=N)N)cc3)C(=O)O2)CC1. The number of hydrogen-bond donors (Lipinski definition) is 2. The molecule has 1 aromatic carbocycles. The fourth-order valence-corrected chi connectivity index (χ4v) is 3.55. The summed E-state index contributed by atoms with van der Waals surface area (Å²) >= 11 is 0. The first-order valence-electron chi connectivity index (χ1n) is 9.29. The fourth-order valence-electron chi connectivity index (χ4n) is 3.55. The molecule has 3 N–H and O–H groups in total. The third kappa shape index (κ3) is 4.57. The van der Waals surface area contributed by atoms with Gasteiger partial charge >= 0.3 is 12.1 Å². The molecule has 0 aliphatic carbocycles. The number of amides is 1. The van der Waals surface area contributed by atoms with Crippen LogP contribution < -0.4 is 10.6 Å². The van der Waals surface area contributed by atoms with E-state index < -0.39 is 0 Å². The number of nitrogen functional groups attached to an aromatic ring is 1. The summed E-state index contributed by atoms with van der Waals surface area (Å²) in [4.78, 5) is 27.9. The van der Waals surface area contributed by atoms with Gasteiger partial charge in [0, 0.05) is 17.8 Å². The van der Waals surface area contributed by atoms with Gasteiger partial charge in [-0.2, -0.15) is 0 Å². The standard InChI is InChI=1S/C19H26N4O4/c1-2-26-18(24)14-7-9-22(10-8-14)11-16-12-23(19(25)27-16)15-5-3-13(4-6-15)17(20)21/h3-6,14,16H,2,7-12H2,1H3,(H3,20,21). The zero-order chi connectivity index (χ0) is 19.4. The summed E-state index contributed by atoms with van der Waals surface area (Å²) in [6, 6.07) is 6.98. The molecule has 1 amide bonds. The number of benzene rings is 1. The number of anilines is 1. The first-order chi connectivity index (χ1) is 13.0. The fraction of sp³-hybridized carbons (Fsp3) is 0.526. The second-order valence-corrected chi connectivity index (χ2v) is 6.90. The van der Waals surface area contributed by atoms with Crippen molar-refractivity contribution in [1.82, 2.24) is 4.90 Å². The molecule has 0 bridgehead atoms. The van der Waals surface area contributed by atoms with E-state index in [9.17, 15) is 9.59 Å². The first kappa shape index (κ1) is 19.2. The number of esters is 1. The summed E-state index contributed by atoms with van der Waals surface area (Å²) in [5, 5.41) is 7.43. The maximum Gasteiger partial charge on any atom is 0.414 e. The van der Waals surface area contributed by atoms with Crippen LogP contribution in [-0.2, 0) is 14.3 Å². The van der Waals surface area contributed by atoms with Gasteiger partial charge in [-0.05, 0) is 57.1 Å². The smallest absolute Gasteiger partial charge is 0.414 e. The molecule has 2 aliphatic rings. The van der Waals surface area contributed by atoms with E-state index in [1.54, 1.807) is 29.2 Å². The van der Waals surface area contributed by atoms with Crippen LogP contribution in [0.5, 0.6) is 0 Å². The lowest BCUT2D eigenvalue weighted by Gasteiger charge is -2.31. The Kier molecular flexibility index (Phi) is 5.95. The van der Waals surface area contributed by atoms with E-state index in [1.807, 2.05) is 6.92 Å². The van der Waals surface area contributed by atoms with Crippen molar-refractivity contribution in [3.8, 4) is 0 Å². The van der Waals surface area contributed by atoms with Crippen LogP contribution in [0.1, 0.15) is 25.3 Å². The summed E-state index contributed by atoms with van der Waals surface area (Å²) in [6.07, 6.45) is 0.979. The molecular weight excluding hydrogens is 348 g/mol. The Labute approximate surface area is 158 Å². The predicted molar refractivity (Wildman–Crippen MR) is 101 cm³/mol. The predicted octanol–water partition coefficient (Wildman–Crippen LogP) is 1.57. The highest BCUT2D eigenvalue weighted by Gasteiger charge is 2.35. The summed E-state index contributed by atoms with van der Waals surface area (Å²) in [5.74, 6) is -0.136. The van der Waals surface area contributed by atoms with Crippen LogP contribution in [0.25, 0.3) is 0 Å². The molecule has 0 radical (unpaired) electrons. The monoisotopic (exact) mass is 374 g/mol. The van der Waals surface area contributed by atoms with Gasteiger partial charge in [-0.15, -0.1) is 0 Å². The Morgan fingerprint density at radius 2 is 1.96 bits per heavy atom. The Bertz CT molecular complexity index is 698. The third-order valence-corrected chi connectivity index (χ3v) is 5.03. The number of amidine groups is 1. The average Bonchev–Trinajstić information content (AvgIpc) is 3.02. The number of nitrogens with one attached hydrogen (secondary N) is 1. The molecule has 2 heterocycles.